The SMILES string of the molecule is CCCCCCC(C)(C)c1ccc([C@@H]2CC(C(=O)O)=CC[C@H]2CCC)c(O)c1. The number of hydrogen-bond donors (Lipinski definition) is 2. The number of aliphatic carboxylic acids is 1. The van der Waals surface area contributed by atoms with Crippen LogP contribution in [-0.2, 0) is 10.2 Å². The highest BCUT2D eigenvalue weighted by atomic mass is 16.4. The summed E-state index contributed by atoms with van der Waals surface area (Å²) >= 11 is 0. The van der Waals surface area contributed by atoms with Crippen LogP contribution in [0.4, 0.5) is 0 Å². The molecule has 0 amide bonds. The maximum atomic E-state index is 11.5. The highest BCUT2D eigenvalue weighted by molar-refractivity contribution is 5.87. The summed E-state index contributed by atoms with van der Waals surface area (Å²) in [6.45, 7) is 8.89. The van der Waals surface area contributed by atoms with Crippen molar-refractivity contribution in [2.45, 2.75) is 96.8 Å². The third-order valence-corrected chi connectivity index (χ3v) is 6.48. The number of aromatic hydroxyl groups is 1. The molecule has 3 nitrogen and oxygen atoms in total. The third-order valence-electron chi connectivity index (χ3n) is 6.48. The molecule has 1 aliphatic carbocycles. The Morgan fingerprint density at radius 3 is 2.50 bits per heavy atom. The number of benzene rings is 1. The zero-order chi connectivity index (χ0) is 20.7. The van der Waals surface area contributed by atoms with E-state index < -0.39 is 5.97 Å². The van der Waals surface area contributed by atoms with E-state index in [0.717, 1.165) is 31.2 Å². The van der Waals surface area contributed by atoms with E-state index in [1.807, 2.05) is 12.1 Å². The van der Waals surface area contributed by atoms with Crippen LogP contribution in [0.1, 0.15) is 103 Å². The van der Waals surface area contributed by atoms with Crippen LogP contribution in [-0.4, -0.2) is 16.2 Å². The number of phenolic OH excluding ortho intramolecular Hbond substituents is 1. The van der Waals surface area contributed by atoms with Gasteiger partial charge in [-0.1, -0.05) is 78.0 Å². The predicted octanol–water partition coefficient (Wildman–Crippen LogP) is 6.94. The first-order chi connectivity index (χ1) is 13.3. The lowest BCUT2D eigenvalue weighted by Gasteiger charge is -2.32. The standard InChI is InChI=1S/C25H38O3/c1-5-7-8-9-15-25(3,4)20-13-14-21(23(26)17-20)22-16-19(24(27)28)12-11-18(22)10-6-2/h12-14,17-18,22,26H,5-11,15-16H2,1-4H3,(H,27,28)/t18-,22-/m1/s1. The van der Waals surface area contributed by atoms with E-state index in [1.165, 1.54) is 31.2 Å². The Morgan fingerprint density at radius 2 is 1.89 bits per heavy atom. The van der Waals surface area contributed by atoms with Gasteiger partial charge in [0.05, 0.1) is 0 Å². The van der Waals surface area contributed by atoms with Crippen molar-refractivity contribution in [3.8, 4) is 5.75 Å². The fraction of sp³-hybridized carbons (Fsp3) is 0.640. The highest BCUT2D eigenvalue weighted by Gasteiger charge is 2.31. The van der Waals surface area contributed by atoms with Crippen molar-refractivity contribution >= 4 is 5.97 Å². The number of allylic oxidation sites excluding steroid dienone is 1. The maximum absolute atomic E-state index is 11.5. The van der Waals surface area contributed by atoms with Crippen molar-refractivity contribution in [2.75, 3.05) is 0 Å². The Labute approximate surface area is 170 Å². The average Bonchev–Trinajstić information content (AvgIpc) is 2.66. The molecule has 0 aliphatic heterocycles. The average molecular weight is 387 g/mol. The minimum absolute atomic E-state index is 0.0330. The van der Waals surface area contributed by atoms with Gasteiger partial charge in [-0.05, 0) is 60.1 Å². The largest absolute Gasteiger partial charge is 0.508 e. The van der Waals surface area contributed by atoms with E-state index in [-0.39, 0.29) is 11.3 Å². The molecule has 1 aliphatic rings. The first-order valence-corrected chi connectivity index (χ1v) is 11.1. The molecule has 0 fully saturated rings. The summed E-state index contributed by atoms with van der Waals surface area (Å²) in [4.78, 5) is 11.5. The highest BCUT2D eigenvalue weighted by Crippen LogP contribution is 2.44. The van der Waals surface area contributed by atoms with Gasteiger partial charge in [-0.25, -0.2) is 4.79 Å². The quantitative estimate of drug-likeness (QED) is 0.428. The first kappa shape index (κ1) is 22.5. The van der Waals surface area contributed by atoms with Crippen LogP contribution in [0.3, 0.4) is 0 Å². The van der Waals surface area contributed by atoms with E-state index in [4.69, 9.17) is 0 Å². The summed E-state index contributed by atoms with van der Waals surface area (Å²) in [5, 5.41) is 20.3. The fourth-order valence-corrected chi connectivity index (χ4v) is 4.59. The summed E-state index contributed by atoms with van der Waals surface area (Å²) in [7, 11) is 0. The lowest BCUT2D eigenvalue weighted by Crippen LogP contribution is -2.21. The van der Waals surface area contributed by atoms with E-state index in [1.54, 1.807) is 0 Å². The number of carboxylic acids is 1. The number of rotatable bonds is 10. The van der Waals surface area contributed by atoms with Crippen LogP contribution in [0, 0.1) is 5.92 Å². The minimum atomic E-state index is -0.829. The molecule has 0 radical (unpaired) electrons. The molecule has 0 saturated carbocycles. The lowest BCUT2D eigenvalue weighted by molar-refractivity contribution is -0.133. The van der Waals surface area contributed by atoms with Gasteiger partial charge in [0, 0.05) is 5.57 Å². The monoisotopic (exact) mass is 386 g/mol. The van der Waals surface area contributed by atoms with Gasteiger partial charge in [0.15, 0.2) is 0 Å². The second-order valence-corrected chi connectivity index (χ2v) is 9.10. The van der Waals surface area contributed by atoms with Crippen molar-refractivity contribution in [1.29, 1.82) is 0 Å². The molecule has 1 aromatic rings. The van der Waals surface area contributed by atoms with Crippen LogP contribution >= 0.6 is 0 Å². The second-order valence-electron chi connectivity index (χ2n) is 9.10. The smallest absolute Gasteiger partial charge is 0.331 e. The van der Waals surface area contributed by atoms with Crippen LogP contribution < -0.4 is 0 Å². The summed E-state index contributed by atoms with van der Waals surface area (Å²) in [6.07, 6.45) is 11.4. The molecule has 1 aromatic carbocycles. The van der Waals surface area contributed by atoms with Crippen LogP contribution in [0.25, 0.3) is 0 Å². The topological polar surface area (TPSA) is 57.5 Å². The first-order valence-electron chi connectivity index (χ1n) is 11.1. The van der Waals surface area contributed by atoms with Gasteiger partial charge in [0.1, 0.15) is 5.75 Å². The summed E-state index contributed by atoms with van der Waals surface area (Å²) in [6, 6.07) is 6.13. The van der Waals surface area contributed by atoms with Gasteiger partial charge in [-0.2, -0.15) is 0 Å². The van der Waals surface area contributed by atoms with Crippen LogP contribution in [0.15, 0.2) is 29.8 Å². The number of hydrogen-bond acceptors (Lipinski definition) is 2. The number of phenols is 1. The molecule has 0 heterocycles. The Morgan fingerprint density at radius 1 is 1.14 bits per heavy atom. The van der Waals surface area contributed by atoms with Crippen molar-refractivity contribution < 1.29 is 15.0 Å². The number of carboxylic acid groups (broad SMARTS) is 1. The minimum Gasteiger partial charge on any atom is -0.508 e. The van der Waals surface area contributed by atoms with E-state index >= 15 is 0 Å². The van der Waals surface area contributed by atoms with Gasteiger partial charge in [0.2, 0.25) is 0 Å². The van der Waals surface area contributed by atoms with E-state index in [0.29, 0.717) is 23.7 Å². The molecule has 0 aromatic heterocycles. The molecule has 0 bridgehead atoms. The van der Waals surface area contributed by atoms with Crippen molar-refractivity contribution in [1.82, 2.24) is 0 Å². The molecule has 2 N–H and O–H groups in total. The molecular weight excluding hydrogens is 348 g/mol. The van der Waals surface area contributed by atoms with E-state index in [2.05, 4.69) is 39.8 Å². The van der Waals surface area contributed by atoms with Crippen molar-refractivity contribution in [3.05, 3.63) is 41.0 Å². The Kier molecular flexibility index (Phi) is 8.15. The summed E-state index contributed by atoms with van der Waals surface area (Å²) in [5.41, 5.74) is 2.60. The molecular formula is C25H38O3. The second kappa shape index (κ2) is 10.1. The molecule has 0 spiro atoms. The van der Waals surface area contributed by atoms with Gasteiger partial charge >= 0.3 is 5.97 Å². The van der Waals surface area contributed by atoms with E-state index in [9.17, 15) is 15.0 Å². The van der Waals surface area contributed by atoms with Crippen molar-refractivity contribution in [3.63, 3.8) is 0 Å². The van der Waals surface area contributed by atoms with Crippen LogP contribution in [0.5, 0.6) is 5.75 Å². The zero-order valence-corrected chi connectivity index (χ0v) is 18.1. The molecule has 156 valence electrons. The van der Waals surface area contributed by atoms with Gasteiger partial charge in [0.25, 0.3) is 0 Å². The normalized spacial score (nSPS) is 20.1. The summed E-state index contributed by atoms with van der Waals surface area (Å²) in [5.74, 6) is -0.0224. The number of unbranched alkanes of at least 4 members (excludes halogenated alkanes) is 3. The predicted molar refractivity (Wildman–Crippen MR) is 116 cm³/mol. The Balaban J connectivity index is 2.21. The van der Waals surface area contributed by atoms with Crippen LogP contribution in [0.2, 0.25) is 0 Å². The molecule has 3 heteroatoms. The Bertz CT molecular complexity index is 687. The summed E-state index contributed by atoms with van der Waals surface area (Å²) < 4.78 is 0. The molecule has 0 unspecified atom stereocenters. The fourth-order valence-electron chi connectivity index (χ4n) is 4.59. The molecule has 0 saturated heterocycles. The maximum Gasteiger partial charge on any atom is 0.331 e. The third kappa shape index (κ3) is 5.62. The molecule has 2 rings (SSSR count). The Hall–Kier alpha value is -1.77. The number of carbonyl (C=O) groups is 1. The van der Waals surface area contributed by atoms with Crippen molar-refractivity contribution in [2.24, 2.45) is 5.92 Å². The zero-order valence-electron chi connectivity index (χ0n) is 18.1. The molecule has 28 heavy (non-hydrogen) atoms. The lowest BCUT2D eigenvalue weighted by atomic mass is 9.72. The van der Waals surface area contributed by atoms with Gasteiger partial charge in [-0.3, -0.25) is 0 Å². The van der Waals surface area contributed by atoms with Gasteiger partial charge < -0.3 is 10.2 Å². The van der Waals surface area contributed by atoms with Gasteiger partial charge in [-0.15, -0.1) is 0 Å². The molecule has 2 atom stereocenters.